The summed E-state index contributed by atoms with van der Waals surface area (Å²) in [7, 11) is 0. The summed E-state index contributed by atoms with van der Waals surface area (Å²) in [5.74, 6) is 1.61. The van der Waals surface area contributed by atoms with Crippen LogP contribution in [0.3, 0.4) is 0 Å². The van der Waals surface area contributed by atoms with Gasteiger partial charge in [0.15, 0.2) is 0 Å². The molecule has 0 spiro atoms. The molecule has 2 aliphatic rings. The summed E-state index contributed by atoms with van der Waals surface area (Å²) in [5.41, 5.74) is 3.10. The molecule has 0 aliphatic carbocycles. The summed E-state index contributed by atoms with van der Waals surface area (Å²) >= 11 is 7.55. The number of halogens is 1. The first kappa shape index (κ1) is 11.8. The van der Waals surface area contributed by atoms with Gasteiger partial charge in [-0.3, -0.25) is 15.5 Å². The highest BCUT2D eigenvalue weighted by atomic mass is 35.5. The van der Waals surface area contributed by atoms with Crippen molar-refractivity contribution in [3.63, 3.8) is 0 Å². The molecule has 0 radical (unpaired) electrons. The van der Waals surface area contributed by atoms with Crippen molar-refractivity contribution in [2.24, 2.45) is 4.99 Å². The van der Waals surface area contributed by atoms with E-state index < -0.39 is 0 Å². The van der Waals surface area contributed by atoms with Crippen molar-refractivity contribution in [1.82, 2.24) is 10.4 Å². The van der Waals surface area contributed by atoms with Crippen LogP contribution in [0.15, 0.2) is 23.2 Å². The van der Waals surface area contributed by atoms with Crippen LogP contribution in [0.5, 0.6) is 0 Å². The van der Waals surface area contributed by atoms with Crippen LogP contribution >= 0.6 is 23.4 Å². The summed E-state index contributed by atoms with van der Waals surface area (Å²) in [6.07, 6.45) is 0. The van der Waals surface area contributed by atoms with Gasteiger partial charge < -0.3 is 4.90 Å². The third-order valence-electron chi connectivity index (χ3n) is 3.00. The second-order valence-electron chi connectivity index (χ2n) is 4.06. The Balaban J connectivity index is 2.16. The predicted octanol–water partition coefficient (Wildman–Crippen LogP) is 1.88. The number of thioether (sulfide) groups is 1. The molecule has 94 valence electrons. The van der Waals surface area contributed by atoms with E-state index in [1.165, 1.54) is 0 Å². The molecule has 7 heteroatoms. The number of fused-ring (bicyclic) bond motifs is 2. The van der Waals surface area contributed by atoms with Crippen molar-refractivity contribution in [3.05, 3.63) is 28.8 Å². The van der Waals surface area contributed by atoms with E-state index in [-0.39, 0.29) is 11.9 Å². The Hall–Kier alpha value is -1.24. The molecule has 2 heterocycles. The highest BCUT2D eigenvalue weighted by Crippen LogP contribution is 2.32. The van der Waals surface area contributed by atoms with Crippen LogP contribution in [0.1, 0.15) is 10.4 Å². The van der Waals surface area contributed by atoms with Gasteiger partial charge in [0.1, 0.15) is 11.9 Å². The Labute approximate surface area is 113 Å². The van der Waals surface area contributed by atoms with E-state index in [1.54, 1.807) is 34.9 Å². The van der Waals surface area contributed by atoms with Gasteiger partial charge in [-0.05, 0) is 18.2 Å². The molecule has 1 amide bonds. The van der Waals surface area contributed by atoms with Gasteiger partial charge in [0, 0.05) is 10.8 Å². The van der Waals surface area contributed by atoms with E-state index >= 15 is 0 Å². The molecule has 0 aromatic heterocycles. The van der Waals surface area contributed by atoms with Crippen molar-refractivity contribution in [1.29, 1.82) is 0 Å². The normalized spacial score (nSPS) is 22.1. The van der Waals surface area contributed by atoms with Crippen LogP contribution in [0.25, 0.3) is 0 Å². The van der Waals surface area contributed by atoms with Gasteiger partial charge in [-0.15, -0.1) is 11.8 Å². The minimum Gasteiger partial charge on any atom is -0.318 e. The summed E-state index contributed by atoms with van der Waals surface area (Å²) in [6, 6.07) is 4.77. The number of amides is 1. The van der Waals surface area contributed by atoms with Gasteiger partial charge in [-0.2, -0.15) is 0 Å². The Morgan fingerprint density at radius 3 is 3.17 bits per heavy atom. The van der Waals surface area contributed by atoms with Crippen LogP contribution in [0, 0.1) is 0 Å². The average Bonchev–Trinajstić information content (AvgIpc) is 2.81. The lowest BCUT2D eigenvalue weighted by atomic mass is 10.1. The van der Waals surface area contributed by atoms with Crippen LogP contribution in [0.2, 0.25) is 5.02 Å². The fourth-order valence-electron chi connectivity index (χ4n) is 2.10. The second-order valence-corrected chi connectivity index (χ2v) is 5.50. The monoisotopic (exact) mass is 283 g/mol. The summed E-state index contributed by atoms with van der Waals surface area (Å²) in [6.45, 7) is 0. The predicted molar refractivity (Wildman–Crippen MR) is 70.8 cm³/mol. The number of aliphatic imine (C=N–C) groups is 1. The molecule has 1 atom stereocenters. The Bertz CT molecular complexity index is 549. The largest absolute Gasteiger partial charge is 0.318 e. The molecular formula is C11H10ClN3O2S. The molecule has 18 heavy (non-hydrogen) atoms. The number of carbonyl (C=O) groups is 1. The first-order valence-corrected chi connectivity index (χ1v) is 6.91. The third kappa shape index (κ3) is 1.77. The SMILES string of the molecule is O=C1c2cc(Cl)ccc2N=C(NO)[C@@H]2CSCN12. The van der Waals surface area contributed by atoms with Gasteiger partial charge in [-0.25, -0.2) is 4.99 Å². The van der Waals surface area contributed by atoms with Gasteiger partial charge in [-0.1, -0.05) is 11.6 Å². The van der Waals surface area contributed by atoms with E-state index in [1.807, 2.05) is 0 Å². The topological polar surface area (TPSA) is 64.9 Å². The maximum Gasteiger partial charge on any atom is 0.257 e. The highest BCUT2D eigenvalue weighted by molar-refractivity contribution is 7.99. The number of hydrogen-bond acceptors (Lipinski definition) is 5. The number of carbonyl (C=O) groups excluding carboxylic acids is 1. The summed E-state index contributed by atoms with van der Waals surface area (Å²) in [5, 5.41) is 9.68. The number of nitrogens with zero attached hydrogens (tertiary/aromatic N) is 2. The summed E-state index contributed by atoms with van der Waals surface area (Å²) < 4.78 is 0. The number of hydroxylamine groups is 1. The van der Waals surface area contributed by atoms with Crippen molar-refractivity contribution in [2.45, 2.75) is 6.04 Å². The van der Waals surface area contributed by atoms with Crippen molar-refractivity contribution < 1.29 is 10.0 Å². The number of hydrogen-bond donors (Lipinski definition) is 2. The van der Waals surface area contributed by atoms with Crippen LogP contribution in [0.4, 0.5) is 5.69 Å². The molecular weight excluding hydrogens is 274 g/mol. The third-order valence-corrected chi connectivity index (χ3v) is 4.25. The number of nitrogens with one attached hydrogen (secondary N) is 1. The molecule has 1 saturated heterocycles. The van der Waals surface area contributed by atoms with E-state index in [4.69, 9.17) is 11.6 Å². The molecule has 2 aliphatic heterocycles. The molecule has 1 aromatic rings. The molecule has 3 rings (SSSR count). The number of rotatable bonds is 0. The van der Waals surface area contributed by atoms with Gasteiger partial charge >= 0.3 is 0 Å². The molecule has 0 unspecified atom stereocenters. The zero-order valence-electron chi connectivity index (χ0n) is 9.26. The first-order valence-electron chi connectivity index (χ1n) is 5.37. The zero-order chi connectivity index (χ0) is 12.7. The zero-order valence-corrected chi connectivity index (χ0v) is 10.8. The molecule has 1 fully saturated rings. The lowest BCUT2D eigenvalue weighted by Crippen LogP contribution is -2.45. The van der Waals surface area contributed by atoms with E-state index in [2.05, 4.69) is 10.5 Å². The minimum atomic E-state index is -0.210. The smallest absolute Gasteiger partial charge is 0.257 e. The fourth-order valence-corrected chi connectivity index (χ4v) is 3.44. The number of benzene rings is 1. The second kappa shape index (κ2) is 4.46. The average molecular weight is 284 g/mol. The van der Waals surface area contributed by atoms with E-state index in [0.717, 1.165) is 5.75 Å². The fraction of sp³-hybridized carbons (Fsp3) is 0.273. The maximum atomic E-state index is 12.4. The standard InChI is InChI=1S/C11H10ClN3O2S/c12-6-1-2-8-7(3-6)11(16)15-5-18-4-9(15)10(13-8)14-17/h1-3,9,17H,4-5H2,(H,13,14)/t9-/m0/s1. The van der Waals surface area contributed by atoms with E-state index in [9.17, 15) is 10.0 Å². The number of amidine groups is 1. The van der Waals surface area contributed by atoms with Gasteiger partial charge in [0.2, 0.25) is 0 Å². The molecule has 1 aromatic carbocycles. The minimum absolute atomic E-state index is 0.100. The highest BCUT2D eigenvalue weighted by Gasteiger charge is 2.36. The van der Waals surface area contributed by atoms with Crippen molar-refractivity contribution in [3.8, 4) is 0 Å². The molecule has 0 bridgehead atoms. The van der Waals surface area contributed by atoms with Crippen LogP contribution < -0.4 is 5.48 Å². The first-order chi connectivity index (χ1) is 8.70. The van der Waals surface area contributed by atoms with Gasteiger partial charge in [0.05, 0.1) is 17.1 Å². The lowest BCUT2D eigenvalue weighted by Gasteiger charge is -2.21. The lowest BCUT2D eigenvalue weighted by molar-refractivity contribution is 0.0777. The Kier molecular flexibility index (Phi) is 2.93. The molecule has 2 N–H and O–H groups in total. The van der Waals surface area contributed by atoms with Crippen molar-refractivity contribution in [2.75, 3.05) is 11.6 Å². The maximum absolute atomic E-state index is 12.4. The van der Waals surface area contributed by atoms with E-state index in [0.29, 0.717) is 28.0 Å². The summed E-state index contributed by atoms with van der Waals surface area (Å²) in [4.78, 5) is 18.4. The molecule has 5 nitrogen and oxygen atoms in total. The van der Waals surface area contributed by atoms with Crippen LogP contribution in [-0.2, 0) is 0 Å². The Morgan fingerprint density at radius 2 is 2.39 bits per heavy atom. The van der Waals surface area contributed by atoms with Gasteiger partial charge in [0.25, 0.3) is 5.91 Å². The molecule has 0 saturated carbocycles. The van der Waals surface area contributed by atoms with Crippen molar-refractivity contribution >= 4 is 40.8 Å². The van der Waals surface area contributed by atoms with Crippen LogP contribution in [-0.4, -0.2) is 39.5 Å². The Morgan fingerprint density at radius 1 is 1.56 bits per heavy atom. The quantitative estimate of drug-likeness (QED) is 0.714.